The van der Waals surface area contributed by atoms with Crippen molar-refractivity contribution in [2.45, 2.75) is 6.54 Å². The molecule has 2 aromatic carbocycles. The minimum Gasteiger partial charge on any atom is -0.457 e. The van der Waals surface area contributed by atoms with Gasteiger partial charge in [-0.1, -0.05) is 78.6 Å². The standard InChI is InChI=1S/C22H15NO3S2/c24-14-16-6-8-17(9-7-16)19-11-10-18(26-19)12-20-21(25)23(22(27)28-20)13-15-4-2-1-3-5-15/h1-12,14H,13H2/b20-12+. The molecule has 6 heteroatoms. The lowest BCUT2D eigenvalue weighted by atomic mass is 10.1. The fraction of sp³-hybridized carbons (Fsp3) is 0.0455. The molecule has 3 aromatic rings. The third-order valence-electron chi connectivity index (χ3n) is 4.29. The second-order valence-corrected chi connectivity index (χ2v) is 7.87. The van der Waals surface area contributed by atoms with Crippen LogP contribution in [0.15, 0.2) is 76.1 Å². The van der Waals surface area contributed by atoms with Gasteiger partial charge in [-0.05, 0) is 17.7 Å². The summed E-state index contributed by atoms with van der Waals surface area (Å²) in [5.74, 6) is 1.13. The number of rotatable bonds is 5. The van der Waals surface area contributed by atoms with Gasteiger partial charge in [-0.15, -0.1) is 0 Å². The fourth-order valence-electron chi connectivity index (χ4n) is 2.84. The highest BCUT2D eigenvalue weighted by Crippen LogP contribution is 2.34. The van der Waals surface area contributed by atoms with Crippen molar-refractivity contribution < 1.29 is 14.0 Å². The van der Waals surface area contributed by atoms with E-state index in [0.29, 0.717) is 32.9 Å². The van der Waals surface area contributed by atoms with Gasteiger partial charge in [0.15, 0.2) is 0 Å². The summed E-state index contributed by atoms with van der Waals surface area (Å²) in [6, 6.07) is 20.5. The van der Waals surface area contributed by atoms with Gasteiger partial charge in [0, 0.05) is 17.2 Å². The first-order valence-corrected chi connectivity index (χ1v) is 9.81. The number of hydrogen-bond donors (Lipinski definition) is 0. The molecular formula is C22H15NO3S2. The first kappa shape index (κ1) is 18.4. The molecule has 1 amide bonds. The number of aldehydes is 1. The van der Waals surface area contributed by atoms with Crippen molar-refractivity contribution in [2.24, 2.45) is 0 Å². The predicted octanol–water partition coefficient (Wildman–Crippen LogP) is 5.16. The van der Waals surface area contributed by atoms with E-state index in [0.717, 1.165) is 17.4 Å². The zero-order valence-electron chi connectivity index (χ0n) is 14.7. The van der Waals surface area contributed by atoms with Gasteiger partial charge >= 0.3 is 0 Å². The van der Waals surface area contributed by atoms with Gasteiger partial charge in [0.2, 0.25) is 0 Å². The number of furan rings is 1. The summed E-state index contributed by atoms with van der Waals surface area (Å²) in [7, 11) is 0. The van der Waals surface area contributed by atoms with E-state index in [2.05, 4.69) is 0 Å². The summed E-state index contributed by atoms with van der Waals surface area (Å²) in [6.45, 7) is 0.454. The quantitative estimate of drug-likeness (QED) is 0.333. The Balaban J connectivity index is 1.53. The Labute approximate surface area is 171 Å². The molecule has 138 valence electrons. The lowest BCUT2D eigenvalue weighted by Crippen LogP contribution is -2.27. The molecule has 1 aliphatic rings. The van der Waals surface area contributed by atoms with Gasteiger partial charge < -0.3 is 4.42 Å². The van der Waals surface area contributed by atoms with E-state index in [9.17, 15) is 9.59 Å². The van der Waals surface area contributed by atoms with E-state index < -0.39 is 0 Å². The smallest absolute Gasteiger partial charge is 0.266 e. The molecule has 28 heavy (non-hydrogen) atoms. The number of carbonyl (C=O) groups is 2. The van der Waals surface area contributed by atoms with Crippen molar-refractivity contribution in [3.63, 3.8) is 0 Å². The number of amides is 1. The number of hydrogen-bond acceptors (Lipinski definition) is 5. The highest BCUT2D eigenvalue weighted by Gasteiger charge is 2.32. The number of nitrogens with zero attached hydrogens (tertiary/aromatic N) is 1. The maximum Gasteiger partial charge on any atom is 0.266 e. The lowest BCUT2D eigenvalue weighted by Gasteiger charge is -2.14. The summed E-state index contributed by atoms with van der Waals surface area (Å²) < 4.78 is 6.39. The average Bonchev–Trinajstić information content (AvgIpc) is 3.29. The van der Waals surface area contributed by atoms with Gasteiger partial charge in [0.05, 0.1) is 11.4 Å². The van der Waals surface area contributed by atoms with Crippen molar-refractivity contribution in [3.8, 4) is 11.3 Å². The van der Waals surface area contributed by atoms with Crippen LogP contribution >= 0.6 is 24.0 Å². The molecule has 0 N–H and O–H groups in total. The molecule has 0 aliphatic carbocycles. The fourth-order valence-corrected chi connectivity index (χ4v) is 4.08. The normalized spacial score (nSPS) is 15.4. The van der Waals surface area contributed by atoms with Crippen molar-refractivity contribution in [3.05, 3.63) is 88.5 Å². The Morgan fingerprint density at radius 3 is 2.46 bits per heavy atom. The molecule has 0 bridgehead atoms. The third-order valence-corrected chi connectivity index (χ3v) is 5.67. The van der Waals surface area contributed by atoms with E-state index >= 15 is 0 Å². The van der Waals surface area contributed by atoms with E-state index in [1.807, 2.05) is 54.6 Å². The van der Waals surface area contributed by atoms with Crippen LogP contribution in [0.3, 0.4) is 0 Å². The number of benzene rings is 2. The minimum absolute atomic E-state index is 0.118. The zero-order valence-corrected chi connectivity index (χ0v) is 16.3. The van der Waals surface area contributed by atoms with Gasteiger partial charge in [-0.2, -0.15) is 0 Å². The van der Waals surface area contributed by atoms with Crippen LogP contribution in [0.5, 0.6) is 0 Å². The molecular weight excluding hydrogens is 390 g/mol. The van der Waals surface area contributed by atoms with Crippen molar-refractivity contribution in [1.82, 2.24) is 4.90 Å². The van der Waals surface area contributed by atoms with Crippen molar-refractivity contribution in [2.75, 3.05) is 0 Å². The zero-order chi connectivity index (χ0) is 19.5. The summed E-state index contributed by atoms with van der Waals surface area (Å²) in [5.41, 5.74) is 2.50. The van der Waals surface area contributed by atoms with E-state index in [1.54, 1.807) is 23.1 Å². The third kappa shape index (κ3) is 3.83. The van der Waals surface area contributed by atoms with Crippen LogP contribution in [0, 0.1) is 0 Å². The maximum absolute atomic E-state index is 12.7. The number of thiocarbonyl (C=S) groups is 1. The Bertz CT molecular complexity index is 1070. The maximum atomic E-state index is 12.7. The van der Waals surface area contributed by atoms with Crippen molar-refractivity contribution in [1.29, 1.82) is 0 Å². The van der Waals surface area contributed by atoms with Gasteiger partial charge in [0.25, 0.3) is 5.91 Å². The topological polar surface area (TPSA) is 50.5 Å². The van der Waals surface area contributed by atoms with Crippen LogP contribution in [-0.4, -0.2) is 21.4 Å². The summed E-state index contributed by atoms with van der Waals surface area (Å²) in [6.07, 6.45) is 2.52. The molecule has 1 aliphatic heterocycles. The Morgan fingerprint density at radius 1 is 1.00 bits per heavy atom. The summed E-state index contributed by atoms with van der Waals surface area (Å²) in [4.78, 5) is 25.7. The minimum atomic E-state index is -0.118. The van der Waals surface area contributed by atoms with Crippen molar-refractivity contribution >= 4 is 46.6 Å². The SMILES string of the molecule is O=Cc1ccc(-c2ccc(/C=C3/SC(=S)N(Cc4ccccc4)C3=O)o2)cc1. The summed E-state index contributed by atoms with van der Waals surface area (Å²) in [5, 5.41) is 0. The average molecular weight is 406 g/mol. The number of thioether (sulfide) groups is 1. The monoisotopic (exact) mass is 405 g/mol. The van der Waals surface area contributed by atoms with Gasteiger partial charge in [-0.25, -0.2) is 0 Å². The van der Waals surface area contributed by atoms with Crippen LogP contribution in [0.25, 0.3) is 17.4 Å². The Kier molecular flexibility index (Phi) is 5.23. The van der Waals surface area contributed by atoms with Crippen LogP contribution in [0.1, 0.15) is 21.7 Å². The molecule has 0 atom stereocenters. The molecule has 2 heterocycles. The second kappa shape index (κ2) is 7.96. The Hall–Kier alpha value is -2.96. The molecule has 0 radical (unpaired) electrons. The van der Waals surface area contributed by atoms with Crippen LogP contribution in [0.2, 0.25) is 0 Å². The lowest BCUT2D eigenvalue weighted by molar-refractivity contribution is -0.122. The van der Waals surface area contributed by atoms with Crippen LogP contribution < -0.4 is 0 Å². The predicted molar refractivity (Wildman–Crippen MR) is 115 cm³/mol. The van der Waals surface area contributed by atoms with Crippen LogP contribution in [0.4, 0.5) is 0 Å². The molecule has 0 unspecified atom stereocenters. The highest BCUT2D eigenvalue weighted by molar-refractivity contribution is 8.26. The molecule has 4 nitrogen and oxygen atoms in total. The molecule has 0 saturated carbocycles. The summed E-state index contributed by atoms with van der Waals surface area (Å²) >= 11 is 6.66. The van der Waals surface area contributed by atoms with Crippen LogP contribution in [-0.2, 0) is 11.3 Å². The van der Waals surface area contributed by atoms with Gasteiger partial charge in [0.1, 0.15) is 22.1 Å². The number of carbonyl (C=O) groups excluding carboxylic acids is 2. The van der Waals surface area contributed by atoms with Gasteiger partial charge in [-0.3, -0.25) is 14.5 Å². The highest BCUT2D eigenvalue weighted by atomic mass is 32.2. The molecule has 1 saturated heterocycles. The Morgan fingerprint density at radius 2 is 1.75 bits per heavy atom. The van der Waals surface area contributed by atoms with E-state index in [-0.39, 0.29) is 5.91 Å². The molecule has 0 spiro atoms. The molecule has 1 fully saturated rings. The van der Waals surface area contributed by atoms with E-state index in [1.165, 1.54) is 11.8 Å². The van der Waals surface area contributed by atoms with E-state index in [4.69, 9.17) is 16.6 Å². The molecule has 4 rings (SSSR count). The second-order valence-electron chi connectivity index (χ2n) is 6.20. The molecule has 1 aromatic heterocycles. The first-order chi connectivity index (χ1) is 13.6. The first-order valence-electron chi connectivity index (χ1n) is 8.59. The largest absolute Gasteiger partial charge is 0.457 e.